The average molecular weight is 386 g/mol. The van der Waals surface area contributed by atoms with Crippen LogP contribution in [0.3, 0.4) is 0 Å². The van der Waals surface area contributed by atoms with Gasteiger partial charge in [-0.1, -0.05) is 24.3 Å². The largest absolute Gasteiger partial charge is 0.483 e. The number of para-hydroxylation sites is 2. The third kappa shape index (κ3) is 3.37. The van der Waals surface area contributed by atoms with Gasteiger partial charge in [0, 0.05) is 31.0 Å². The first-order valence-electron chi connectivity index (χ1n) is 8.21. The molecule has 1 aliphatic heterocycles. The molecule has 134 valence electrons. The Morgan fingerprint density at radius 3 is 2.88 bits per heavy atom. The molecule has 2 aromatic carbocycles. The monoisotopic (exact) mass is 386 g/mol. The van der Waals surface area contributed by atoms with Gasteiger partial charge in [-0.05, 0) is 32.0 Å². The number of benzene rings is 2. The first kappa shape index (κ1) is 17.2. The van der Waals surface area contributed by atoms with Crippen LogP contribution in [-0.4, -0.2) is 28.0 Å². The summed E-state index contributed by atoms with van der Waals surface area (Å²) in [6.45, 7) is 4.04. The number of hydrogen-bond acceptors (Lipinski definition) is 6. The van der Waals surface area contributed by atoms with E-state index in [1.54, 1.807) is 24.5 Å². The fourth-order valence-electron chi connectivity index (χ4n) is 2.87. The molecule has 5 nitrogen and oxygen atoms in total. The van der Waals surface area contributed by atoms with Gasteiger partial charge in [0.15, 0.2) is 15.8 Å². The first-order chi connectivity index (χ1) is 12.4. The molecule has 0 saturated heterocycles. The van der Waals surface area contributed by atoms with E-state index in [-0.39, 0.29) is 5.60 Å². The van der Waals surface area contributed by atoms with E-state index < -0.39 is 6.09 Å². The van der Waals surface area contributed by atoms with Gasteiger partial charge in [-0.15, -0.1) is 11.3 Å². The van der Waals surface area contributed by atoms with Crippen LogP contribution in [0, 0.1) is 0 Å². The Labute approximate surface area is 160 Å². The van der Waals surface area contributed by atoms with Crippen molar-refractivity contribution in [2.45, 2.75) is 30.2 Å². The predicted octanol–water partition coefficient (Wildman–Crippen LogP) is 5.15. The van der Waals surface area contributed by atoms with E-state index >= 15 is 0 Å². The average Bonchev–Trinajstić information content (AvgIpc) is 3.13. The van der Waals surface area contributed by atoms with Crippen LogP contribution < -0.4 is 9.47 Å². The Morgan fingerprint density at radius 1 is 1.27 bits per heavy atom. The third-order valence-electron chi connectivity index (χ3n) is 4.00. The van der Waals surface area contributed by atoms with Crippen LogP contribution in [0.1, 0.15) is 19.4 Å². The van der Waals surface area contributed by atoms with Gasteiger partial charge in [-0.25, -0.2) is 14.1 Å². The molecule has 0 fully saturated rings. The molecule has 7 heteroatoms. The lowest BCUT2D eigenvalue weighted by atomic mass is 10.0. The third-order valence-corrected chi connectivity index (χ3v) is 5.97. The molecular weight excluding hydrogens is 368 g/mol. The van der Waals surface area contributed by atoms with Crippen LogP contribution in [0.4, 0.5) is 4.79 Å². The predicted molar refractivity (Wildman–Crippen MR) is 104 cm³/mol. The molecule has 0 atom stereocenters. The molecule has 1 aliphatic rings. The van der Waals surface area contributed by atoms with Crippen molar-refractivity contribution in [3.63, 3.8) is 0 Å². The van der Waals surface area contributed by atoms with Crippen LogP contribution in [0.15, 0.2) is 46.8 Å². The second kappa shape index (κ2) is 6.48. The Balaban J connectivity index is 1.48. The van der Waals surface area contributed by atoms with Crippen LogP contribution in [0.25, 0.3) is 10.2 Å². The minimum absolute atomic E-state index is 0.285. The molecule has 3 aromatic rings. The van der Waals surface area contributed by atoms with Crippen LogP contribution in [0.5, 0.6) is 11.5 Å². The van der Waals surface area contributed by atoms with Gasteiger partial charge in [-0.3, -0.25) is 0 Å². The van der Waals surface area contributed by atoms with E-state index in [2.05, 4.69) is 4.98 Å². The van der Waals surface area contributed by atoms with Gasteiger partial charge >= 0.3 is 6.09 Å². The number of ether oxygens (including phenoxy) is 2. The summed E-state index contributed by atoms with van der Waals surface area (Å²) in [5.41, 5.74) is 1.70. The Bertz CT molecular complexity index is 951. The molecule has 26 heavy (non-hydrogen) atoms. The van der Waals surface area contributed by atoms with Gasteiger partial charge < -0.3 is 9.47 Å². The summed E-state index contributed by atoms with van der Waals surface area (Å²) < 4.78 is 14.9. The Morgan fingerprint density at radius 2 is 2.08 bits per heavy atom. The van der Waals surface area contributed by atoms with Crippen LogP contribution in [-0.2, 0) is 6.42 Å². The highest BCUT2D eigenvalue weighted by molar-refractivity contribution is 7.99. The lowest BCUT2D eigenvalue weighted by Gasteiger charge is -2.19. The number of amides is 1. The summed E-state index contributed by atoms with van der Waals surface area (Å²) in [4.78, 5) is 17.0. The molecule has 2 heterocycles. The van der Waals surface area contributed by atoms with Crippen molar-refractivity contribution in [1.29, 1.82) is 0 Å². The molecule has 1 amide bonds. The van der Waals surface area contributed by atoms with Gasteiger partial charge in [0.05, 0.1) is 10.2 Å². The quantitative estimate of drug-likeness (QED) is 0.583. The molecule has 0 bridgehead atoms. The summed E-state index contributed by atoms with van der Waals surface area (Å²) in [5.74, 6) is 1.11. The normalized spacial score (nSPS) is 14.7. The molecule has 0 radical (unpaired) electrons. The number of nitrogens with zero attached hydrogens (tertiary/aromatic N) is 2. The molecule has 0 N–H and O–H groups in total. The van der Waals surface area contributed by atoms with Gasteiger partial charge in [0.1, 0.15) is 5.60 Å². The summed E-state index contributed by atoms with van der Waals surface area (Å²) in [6, 6.07) is 13.5. The van der Waals surface area contributed by atoms with E-state index in [1.807, 2.05) is 50.2 Å². The zero-order valence-electron chi connectivity index (χ0n) is 14.7. The van der Waals surface area contributed by atoms with Gasteiger partial charge in [-0.2, -0.15) is 0 Å². The number of fused-ring (bicyclic) bond motifs is 2. The highest BCUT2D eigenvalue weighted by Gasteiger charge is 2.33. The van der Waals surface area contributed by atoms with E-state index in [4.69, 9.17) is 9.47 Å². The number of aromatic nitrogens is 1. The summed E-state index contributed by atoms with van der Waals surface area (Å²) in [6.07, 6.45) is 0.334. The maximum absolute atomic E-state index is 12.5. The summed E-state index contributed by atoms with van der Waals surface area (Å²) in [5, 5.41) is 0. The number of rotatable bonds is 3. The van der Waals surface area contributed by atoms with Crippen molar-refractivity contribution in [3.05, 3.63) is 48.0 Å². The van der Waals surface area contributed by atoms with Crippen molar-refractivity contribution in [1.82, 2.24) is 9.29 Å². The Hall–Kier alpha value is -2.25. The maximum Gasteiger partial charge on any atom is 0.425 e. The second-order valence-electron chi connectivity index (χ2n) is 6.69. The molecule has 0 aliphatic carbocycles. The van der Waals surface area contributed by atoms with Crippen LogP contribution in [0.2, 0.25) is 0 Å². The minimum Gasteiger partial charge on any atom is -0.483 e. The molecule has 1 aromatic heterocycles. The number of carbonyl (C=O) groups excluding carboxylic acids is 1. The molecule has 0 saturated carbocycles. The maximum atomic E-state index is 12.5. The van der Waals surface area contributed by atoms with E-state index in [0.29, 0.717) is 11.5 Å². The highest BCUT2D eigenvalue weighted by atomic mass is 32.2. The van der Waals surface area contributed by atoms with Crippen LogP contribution >= 0.6 is 23.3 Å². The van der Waals surface area contributed by atoms with Crippen molar-refractivity contribution < 1.29 is 14.3 Å². The van der Waals surface area contributed by atoms with Crippen molar-refractivity contribution in [2.75, 3.05) is 7.05 Å². The number of thiazole rings is 1. The zero-order chi connectivity index (χ0) is 18.3. The SMILES string of the molecule is CN(Sc1nc2ccccc2s1)C(=O)Oc1cccc2c1OC(C)(C)C2. The highest BCUT2D eigenvalue weighted by Crippen LogP contribution is 2.42. The smallest absolute Gasteiger partial charge is 0.425 e. The van der Waals surface area contributed by atoms with Gasteiger partial charge in [0.25, 0.3) is 0 Å². The van der Waals surface area contributed by atoms with E-state index in [9.17, 15) is 4.79 Å². The Kier molecular flexibility index (Phi) is 4.28. The van der Waals surface area contributed by atoms with Gasteiger partial charge in [0.2, 0.25) is 0 Å². The lowest BCUT2D eigenvalue weighted by Crippen LogP contribution is -2.25. The second-order valence-corrected chi connectivity index (χ2v) is 9.09. The van der Waals surface area contributed by atoms with Crippen molar-refractivity contribution in [3.8, 4) is 11.5 Å². The fourth-order valence-corrected chi connectivity index (χ4v) is 4.81. The van der Waals surface area contributed by atoms with E-state index in [1.165, 1.54) is 16.3 Å². The zero-order valence-corrected chi connectivity index (χ0v) is 16.3. The topological polar surface area (TPSA) is 51.7 Å². The number of hydrogen-bond donors (Lipinski definition) is 0. The number of carbonyl (C=O) groups is 1. The fraction of sp³-hybridized carbons (Fsp3) is 0.263. The molecule has 0 spiro atoms. The first-order valence-corrected chi connectivity index (χ1v) is 9.80. The lowest BCUT2D eigenvalue weighted by molar-refractivity contribution is 0.132. The minimum atomic E-state index is -0.462. The summed E-state index contributed by atoms with van der Waals surface area (Å²) >= 11 is 2.80. The molecule has 4 rings (SSSR count). The molecular formula is C19H18N2O3S2. The summed E-state index contributed by atoms with van der Waals surface area (Å²) in [7, 11) is 1.67. The standard InChI is InChI=1S/C19H18N2O3S2/c1-19(2)11-12-7-6-9-14(16(12)24-19)23-18(22)21(3)26-17-20-13-8-4-5-10-15(13)25-17/h4-10H,11H2,1-3H3. The van der Waals surface area contributed by atoms with Crippen molar-refractivity contribution >= 4 is 39.6 Å². The van der Waals surface area contributed by atoms with Crippen molar-refractivity contribution in [2.24, 2.45) is 0 Å². The van der Waals surface area contributed by atoms with E-state index in [0.717, 1.165) is 26.5 Å². The molecule has 0 unspecified atom stereocenters.